The molecule has 1 aromatic carbocycles. The van der Waals surface area contributed by atoms with Crippen molar-refractivity contribution in [3.63, 3.8) is 0 Å². The van der Waals surface area contributed by atoms with Crippen molar-refractivity contribution in [1.82, 2.24) is 25.1 Å². The Morgan fingerprint density at radius 1 is 1.11 bits per heavy atom. The molecule has 37 heavy (non-hydrogen) atoms. The summed E-state index contributed by atoms with van der Waals surface area (Å²) in [7, 11) is 0. The largest absolute Gasteiger partial charge is 0.395 e. The third-order valence-corrected chi connectivity index (χ3v) is 8.72. The number of rotatable bonds is 6. The first-order valence-electron chi connectivity index (χ1n) is 13.2. The highest BCUT2D eigenvalue weighted by Crippen LogP contribution is 2.50. The fourth-order valence-corrected chi connectivity index (χ4v) is 6.01. The molecule has 2 N–H and O–H groups in total. The normalized spacial score (nSPS) is 23.4. The van der Waals surface area contributed by atoms with Crippen LogP contribution in [0.4, 0.5) is 10.3 Å². The number of nitrogens with zero attached hydrogens (tertiary/aromatic N) is 5. The summed E-state index contributed by atoms with van der Waals surface area (Å²) in [5.74, 6) is 0.618. The van der Waals surface area contributed by atoms with E-state index in [1.54, 1.807) is 24.5 Å². The molecule has 1 aliphatic carbocycles. The van der Waals surface area contributed by atoms with Crippen molar-refractivity contribution in [2.45, 2.75) is 55.8 Å². The lowest BCUT2D eigenvalue weighted by Gasteiger charge is -2.32. The maximum absolute atomic E-state index is 14.1. The Balaban J connectivity index is 1.26. The van der Waals surface area contributed by atoms with Gasteiger partial charge in [-0.1, -0.05) is 19.1 Å². The summed E-state index contributed by atoms with van der Waals surface area (Å²) in [6.45, 7) is 4.66. The number of aliphatic hydroxyl groups excluding tert-OH is 1. The highest BCUT2D eigenvalue weighted by atomic mass is 19.1. The minimum atomic E-state index is -0.585. The van der Waals surface area contributed by atoms with E-state index < -0.39 is 5.41 Å². The quantitative estimate of drug-likeness (QED) is 0.533. The second kappa shape index (κ2) is 9.20. The van der Waals surface area contributed by atoms with Crippen molar-refractivity contribution in [3.05, 3.63) is 71.1 Å². The summed E-state index contributed by atoms with van der Waals surface area (Å²) in [5, 5.41) is 18.4. The van der Waals surface area contributed by atoms with Crippen LogP contribution in [-0.4, -0.2) is 68.9 Å². The number of hydrogen-bond donors (Lipinski definition) is 2. The molecule has 3 aliphatic rings. The van der Waals surface area contributed by atoms with Crippen molar-refractivity contribution in [2.75, 3.05) is 37.7 Å². The highest BCUT2D eigenvalue weighted by Gasteiger charge is 2.48. The number of likely N-dealkylation sites (tertiary alicyclic amines) is 1. The topological polar surface area (TPSA) is 98.2 Å². The molecule has 2 aliphatic heterocycles. The van der Waals surface area contributed by atoms with Crippen LogP contribution in [0.3, 0.4) is 0 Å². The van der Waals surface area contributed by atoms with E-state index in [0.717, 1.165) is 67.2 Å². The lowest BCUT2D eigenvalue weighted by Crippen LogP contribution is -2.38. The van der Waals surface area contributed by atoms with E-state index in [1.807, 2.05) is 11.0 Å². The van der Waals surface area contributed by atoms with Gasteiger partial charge in [0.1, 0.15) is 5.82 Å². The van der Waals surface area contributed by atoms with Crippen molar-refractivity contribution in [3.8, 4) is 0 Å². The van der Waals surface area contributed by atoms with Gasteiger partial charge in [0.2, 0.25) is 5.95 Å². The number of carbonyl (C=O) groups is 1. The summed E-state index contributed by atoms with van der Waals surface area (Å²) >= 11 is 0. The van der Waals surface area contributed by atoms with Crippen LogP contribution < -0.4 is 4.90 Å². The Morgan fingerprint density at radius 2 is 1.81 bits per heavy atom. The van der Waals surface area contributed by atoms with Crippen LogP contribution >= 0.6 is 0 Å². The number of aromatic amines is 1. The number of nitrogens with one attached hydrogen (secondary N) is 1. The molecule has 1 atom stereocenters. The second-order valence-electron chi connectivity index (χ2n) is 11.2. The predicted octanol–water partition coefficient (Wildman–Crippen LogP) is 3.55. The molecular weight excluding hydrogens is 471 g/mol. The highest BCUT2D eigenvalue weighted by molar-refractivity contribution is 5.97. The van der Waals surface area contributed by atoms with E-state index >= 15 is 0 Å². The summed E-state index contributed by atoms with van der Waals surface area (Å²) in [4.78, 5) is 27.0. The van der Waals surface area contributed by atoms with E-state index in [4.69, 9.17) is 5.10 Å². The lowest BCUT2D eigenvalue weighted by molar-refractivity contribution is 0.0770. The molecule has 9 heteroatoms. The molecule has 194 valence electrons. The number of aromatic nitrogens is 4. The number of H-pyrrole nitrogens is 1. The molecule has 3 fully saturated rings. The van der Waals surface area contributed by atoms with Gasteiger partial charge in [-0.05, 0) is 55.9 Å². The molecule has 2 saturated heterocycles. The molecule has 4 heterocycles. The number of carbonyl (C=O) groups excluding carboxylic acids is 1. The van der Waals surface area contributed by atoms with E-state index in [9.17, 15) is 14.3 Å². The zero-order valence-electron chi connectivity index (χ0n) is 21.2. The number of aliphatic hydroxyl groups is 1. The Hall–Kier alpha value is -3.33. The van der Waals surface area contributed by atoms with E-state index in [-0.39, 0.29) is 29.7 Å². The summed E-state index contributed by atoms with van der Waals surface area (Å²) in [6.07, 6.45) is 7.97. The Kier molecular flexibility index (Phi) is 5.98. The standard InChI is InChI=1S/C28H33FN6O2/c1-27(9-10-27)24-22(23(32-33-24)19-7-14-34(15-8-19)26-30-12-2-13-31-26)25(37)35-16-11-28(17-35,18-36)20-3-5-21(29)6-4-20/h2-6,12-13,19,36H,7-11,14-18H2,1H3,(H,32,33). The maximum atomic E-state index is 14.1. The Bertz CT molecular complexity index is 1270. The molecular formula is C28H33FN6O2. The van der Waals surface area contributed by atoms with E-state index in [1.165, 1.54) is 12.1 Å². The molecule has 0 bridgehead atoms. The zero-order valence-corrected chi connectivity index (χ0v) is 21.2. The van der Waals surface area contributed by atoms with Crippen LogP contribution in [-0.2, 0) is 10.8 Å². The molecule has 3 aromatic rings. The third-order valence-electron chi connectivity index (χ3n) is 8.72. The Morgan fingerprint density at radius 3 is 2.46 bits per heavy atom. The van der Waals surface area contributed by atoms with Gasteiger partial charge in [0.05, 0.1) is 23.6 Å². The number of halogens is 1. The van der Waals surface area contributed by atoms with Gasteiger partial charge in [0, 0.05) is 55.3 Å². The van der Waals surface area contributed by atoms with Gasteiger partial charge in [-0.15, -0.1) is 0 Å². The lowest BCUT2D eigenvalue weighted by atomic mass is 9.80. The van der Waals surface area contributed by atoms with Crippen molar-refractivity contribution in [1.29, 1.82) is 0 Å². The third kappa shape index (κ3) is 4.29. The first-order valence-corrected chi connectivity index (χ1v) is 13.2. The van der Waals surface area contributed by atoms with Gasteiger partial charge in [-0.25, -0.2) is 14.4 Å². The summed E-state index contributed by atoms with van der Waals surface area (Å²) < 4.78 is 13.5. The average Bonchev–Trinajstić information content (AvgIpc) is 3.33. The molecule has 8 nitrogen and oxygen atoms in total. The van der Waals surface area contributed by atoms with Gasteiger partial charge in [0.15, 0.2) is 0 Å². The number of benzene rings is 1. The maximum Gasteiger partial charge on any atom is 0.257 e. The average molecular weight is 505 g/mol. The molecule has 0 radical (unpaired) electrons. The van der Waals surface area contributed by atoms with Crippen LogP contribution in [0.25, 0.3) is 0 Å². The van der Waals surface area contributed by atoms with Crippen molar-refractivity contribution < 1.29 is 14.3 Å². The van der Waals surface area contributed by atoms with Crippen molar-refractivity contribution >= 4 is 11.9 Å². The van der Waals surface area contributed by atoms with Gasteiger partial charge in [-0.2, -0.15) is 5.10 Å². The van der Waals surface area contributed by atoms with Crippen molar-refractivity contribution in [2.24, 2.45) is 0 Å². The fraction of sp³-hybridized carbons (Fsp3) is 0.500. The monoisotopic (exact) mass is 504 g/mol. The van der Waals surface area contributed by atoms with Gasteiger partial charge < -0.3 is 14.9 Å². The van der Waals surface area contributed by atoms with Crippen LogP contribution in [0, 0.1) is 5.82 Å². The zero-order chi connectivity index (χ0) is 25.6. The van der Waals surface area contributed by atoms with Crippen LogP contribution in [0.2, 0.25) is 0 Å². The molecule has 0 spiro atoms. The molecule has 1 unspecified atom stereocenters. The first-order chi connectivity index (χ1) is 17.9. The summed E-state index contributed by atoms with van der Waals surface area (Å²) in [6, 6.07) is 8.11. The SMILES string of the molecule is CC1(c2n[nH]c(C3CCN(c4ncccn4)CC3)c2C(=O)N2CCC(CO)(c3ccc(F)cc3)C2)CC1. The van der Waals surface area contributed by atoms with Gasteiger partial charge >= 0.3 is 0 Å². The fourth-order valence-electron chi connectivity index (χ4n) is 6.01. The number of piperidine rings is 1. The molecule has 1 amide bonds. The van der Waals surface area contributed by atoms with Crippen LogP contribution in [0.1, 0.15) is 72.3 Å². The predicted molar refractivity (Wildman–Crippen MR) is 137 cm³/mol. The number of hydrogen-bond acceptors (Lipinski definition) is 6. The van der Waals surface area contributed by atoms with E-state index in [2.05, 4.69) is 26.9 Å². The minimum Gasteiger partial charge on any atom is -0.395 e. The summed E-state index contributed by atoms with van der Waals surface area (Å²) in [5.41, 5.74) is 2.75. The smallest absolute Gasteiger partial charge is 0.257 e. The van der Waals surface area contributed by atoms with Gasteiger partial charge in [-0.3, -0.25) is 9.89 Å². The molecule has 1 saturated carbocycles. The molecule has 2 aromatic heterocycles. The minimum absolute atomic E-state index is 0.0156. The first kappa shape index (κ1) is 24.0. The Labute approximate surface area is 215 Å². The molecule has 6 rings (SSSR count). The van der Waals surface area contributed by atoms with Gasteiger partial charge in [0.25, 0.3) is 5.91 Å². The number of amides is 1. The second-order valence-corrected chi connectivity index (χ2v) is 11.2. The van der Waals surface area contributed by atoms with Crippen LogP contribution in [0.15, 0.2) is 42.7 Å². The van der Waals surface area contributed by atoms with Crippen LogP contribution in [0.5, 0.6) is 0 Å². The van der Waals surface area contributed by atoms with E-state index in [0.29, 0.717) is 19.5 Å². The number of anilines is 1.